The van der Waals surface area contributed by atoms with Crippen LogP contribution >= 0.6 is 35.3 Å². The van der Waals surface area contributed by atoms with Crippen LogP contribution in [0.15, 0.2) is 12.1 Å². The van der Waals surface area contributed by atoms with Crippen LogP contribution in [0.25, 0.3) is 0 Å². The Morgan fingerprint density at radius 3 is 2.82 bits per heavy atom. The molecule has 1 aliphatic heterocycles. The average Bonchev–Trinajstić information content (AvgIpc) is 2.83. The van der Waals surface area contributed by atoms with E-state index in [2.05, 4.69) is 6.92 Å². The predicted molar refractivity (Wildman–Crippen MR) is 74.2 cm³/mol. The number of nitrogens with zero attached hydrogens (tertiary/aromatic N) is 1. The van der Waals surface area contributed by atoms with E-state index in [4.69, 9.17) is 17.3 Å². The van der Waals surface area contributed by atoms with Gasteiger partial charge in [-0.15, -0.1) is 23.7 Å². The first-order valence-electron chi connectivity index (χ1n) is 5.38. The molecule has 2 N–H and O–H groups in total. The van der Waals surface area contributed by atoms with Gasteiger partial charge in [0.1, 0.15) is 0 Å². The second-order valence-corrected chi connectivity index (χ2v) is 5.96. The molecule has 0 saturated carbocycles. The molecule has 0 spiro atoms. The molecule has 0 aromatic carbocycles. The van der Waals surface area contributed by atoms with Crippen molar-refractivity contribution in [1.29, 1.82) is 0 Å². The van der Waals surface area contributed by atoms with Crippen molar-refractivity contribution in [2.75, 3.05) is 13.1 Å². The van der Waals surface area contributed by atoms with Crippen LogP contribution in [0.4, 0.5) is 0 Å². The maximum absolute atomic E-state index is 12.2. The van der Waals surface area contributed by atoms with Crippen molar-refractivity contribution < 1.29 is 4.79 Å². The molecule has 1 saturated heterocycles. The van der Waals surface area contributed by atoms with Crippen molar-refractivity contribution in [2.45, 2.75) is 19.4 Å². The molecule has 17 heavy (non-hydrogen) atoms. The van der Waals surface area contributed by atoms with Gasteiger partial charge < -0.3 is 10.6 Å². The zero-order valence-corrected chi connectivity index (χ0v) is 11.9. The second-order valence-electron chi connectivity index (χ2n) is 4.25. The molecule has 0 aliphatic carbocycles. The third-order valence-corrected chi connectivity index (χ3v) is 4.26. The van der Waals surface area contributed by atoms with Gasteiger partial charge in [-0.2, -0.15) is 0 Å². The van der Waals surface area contributed by atoms with E-state index in [0.29, 0.717) is 16.8 Å². The molecule has 96 valence electrons. The number of hydrogen-bond donors (Lipinski definition) is 1. The quantitative estimate of drug-likeness (QED) is 0.911. The Bertz CT molecular complexity index is 397. The summed E-state index contributed by atoms with van der Waals surface area (Å²) in [5.74, 6) is 0.523. The van der Waals surface area contributed by atoms with Crippen molar-refractivity contribution in [3.8, 4) is 0 Å². The van der Waals surface area contributed by atoms with E-state index >= 15 is 0 Å². The Hall–Kier alpha value is -0.290. The Morgan fingerprint density at radius 2 is 2.35 bits per heavy atom. The summed E-state index contributed by atoms with van der Waals surface area (Å²) in [7, 11) is 0. The van der Waals surface area contributed by atoms with E-state index in [-0.39, 0.29) is 24.4 Å². The van der Waals surface area contributed by atoms with Crippen LogP contribution in [0, 0.1) is 5.92 Å². The Balaban J connectivity index is 0.00000144. The summed E-state index contributed by atoms with van der Waals surface area (Å²) in [6, 6.07) is 3.83. The number of likely N-dealkylation sites (tertiary alicyclic amines) is 1. The zero-order chi connectivity index (χ0) is 11.7. The van der Waals surface area contributed by atoms with Crippen LogP contribution in [-0.2, 0) is 0 Å². The summed E-state index contributed by atoms with van der Waals surface area (Å²) in [6.45, 7) is 3.49. The molecule has 2 heterocycles. The van der Waals surface area contributed by atoms with Gasteiger partial charge in [0, 0.05) is 12.6 Å². The van der Waals surface area contributed by atoms with Crippen LogP contribution < -0.4 is 5.73 Å². The molecule has 6 heteroatoms. The lowest BCUT2D eigenvalue weighted by molar-refractivity contribution is 0.0748. The molecular formula is C11H16Cl2N2OS. The van der Waals surface area contributed by atoms with Crippen molar-refractivity contribution >= 4 is 41.3 Å². The van der Waals surface area contributed by atoms with Crippen LogP contribution in [0.5, 0.6) is 0 Å². The van der Waals surface area contributed by atoms with Gasteiger partial charge in [0.2, 0.25) is 0 Å². The van der Waals surface area contributed by atoms with E-state index in [1.165, 1.54) is 11.3 Å². The summed E-state index contributed by atoms with van der Waals surface area (Å²) in [4.78, 5) is 14.8. The number of rotatable bonds is 2. The van der Waals surface area contributed by atoms with Gasteiger partial charge in [-0.1, -0.05) is 11.6 Å². The monoisotopic (exact) mass is 294 g/mol. The van der Waals surface area contributed by atoms with Crippen molar-refractivity contribution in [3.63, 3.8) is 0 Å². The number of hydrogen-bond acceptors (Lipinski definition) is 3. The zero-order valence-electron chi connectivity index (χ0n) is 9.56. The highest BCUT2D eigenvalue weighted by Crippen LogP contribution is 2.28. The average molecular weight is 295 g/mol. The van der Waals surface area contributed by atoms with Gasteiger partial charge in [-0.05, 0) is 37.9 Å². The highest BCUT2D eigenvalue weighted by molar-refractivity contribution is 7.17. The molecule has 1 aliphatic rings. The summed E-state index contributed by atoms with van der Waals surface area (Å²) < 4.78 is 0.658. The van der Waals surface area contributed by atoms with Gasteiger partial charge in [-0.3, -0.25) is 4.79 Å². The lowest BCUT2D eigenvalue weighted by Crippen LogP contribution is -2.33. The fourth-order valence-electron chi connectivity index (χ4n) is 2.17. The van der Waals surface area contributed by atoms with Crippen molar-refractivity contribution in [2.24, 2.45) is 11.7 Å². The third kappa shape index (κ3) is 3.13. The van der Waals surface area contributed by atoms with Gasteiger partial charge in [0.25, 0.3) is 5.91 Å². The molecule has 3 nitrogen and oxygen atoms in total. The molecule has 1 aromatic heterocycles. The number of halogens is 2. The lowest BCUT2D eigenvalue weighted by atomic mass is 10.1. The van der Waals surface area contributed by atoms with Crippen LogP contribution in [0.2, 0.25) is 4.34 Å². The molecule has 1 aromatic rings. The molecule has 2 unspecified atom stereocenters. The van der Waals surface area contributed by atoms with Crippen molar-refractivity contribution in [1.82, 2.24) is 4.90 Å². The minimum absolute atomic E-state index is 0. The van der Waals surface area contributed by atoms with Gasteiger partial charge in [0.05, 0.1) is 9.21 Å². The lowest BCUT2D eigenvalue weighted by Gasteiger charge is -2.20. The van der Waals surface area contributed by atoms with Crippen molar-refractivity contribution in [3.05, 3.63) is 21.3 Å². The molecule has 1 amide bonds. The van der Waals surface area contributed by atoms with Crippen LogP contribution in [0.1, 0.15) is 23.0 Å². The van der Waals surface area contributed by atoms with Crippen LogP contribution in [-0.4, -0.2) is 29.9 Å². The fraction of sp³-hybridized carbons (Fsp3) is 0.545. The fourth-order valence-corrected chi connectivity index (χ4v) is 3.17. The highest BCUT2D eigenvalue weighted by atomic mass is 35.5. The van der Waals surface area contributed by atoms with Gasteiger partial charge >= 0.3 is 0 Å². The maximum Gasteiger partial charge on any atom is 0.264 e. The molecule has 2 rings (SSSR count). The molecule has 0 bridgehead atoms. The maximum atomic E-state index is 12.2. The topological polar surface area (TPSA) is 46.3 Å². The molecule has 2 atom stereocenters. The number of carbonyl (C=O) groups excluding carboxylic acids is 1. The van der Waals surface area contributed by atoms with E-state index in [1.54, 1.807) is 12.1 Å². The smallest absolute Gasteiger partial charge is 0.264 e. The number of thiophene rings is 1. The summed E-state index contributed by atoms with van der Waals surface area (Å²) in [6.07, 6.45) is 1.00. The SMILES string of the molecule is CC1CC(CN)CN1C(=O)c1ccc(Cl)s1.Cl. The first-order valence-corrected chi connectivity index (χ1v) is 6.57. The molecular weight excluding hydrogens is 279 g/mol. The minimum Gasteiger partial charge on any atom is -0.335 e. The summed E-state index contributed by atoms with van der Waals surface area (Å²) in [5.41, 5.74) is 5.64. The number of nitrogens with two attached hydrogens (primary N) is 1. The van der Waals surface area contributed by atoms with Gasteiger partial charge in [-0.25, -0.2) is 0 Å². The van der Waals surface area contributed by atoms with Gasteiger partial charge in [0.15, 0.2) is 0 Å². The number of amides is 1. The standard InChI is InChI=1S/C11H15ClN2OS.ClH/c1-7-4-8(5-13)6-14(7)11(15)9-2-3-10(12)16-9;/h2-3,7-8H,4-6,13H2,1H3;1H. The third-order valence-electron chi connectivity index (χ3n) is 3.04. The first-order chi connectivity index (χ1) is 7.61. The highest BCUT2D eigenvalue weighted by Gasteiger charge is 2.32. The van der Waals surface area contributed by atoms with Crippen LogP contribution in [0.3, 0.4) is 0 Å². The second kappa shape index (κ2) is 6.05. The Kier molecular flexibility index (Phi) is 5.25. The van der Waals surface area contributed by atoms with E-state index < -0.39 is 0 Å². The minimum atomic E-state index is 0. The molecule has 0 radical (unpaired) electrons. The largest absolute Gasteiger partial charge is 0.335 e. The van der Waals surface area contributed by atoms with E-state index in [1.807, 2.05) is 4.90 Å². The summed E-state index contributed by atoms with van der Waals surface area (Å²) >= 11 is 7.17. The van der Waals surface area contributed by atoms with E-state index in [0.717, 1.165) is 17.8 Å². The first kappa shape index (κ1) is 14.8. The van der Waals surface area contributed by atoms with E-state index in [9.17, 15) is 4.79 Å². The number of carbonyl (C=O) groups is 1. The molecule has 1 fully saturated rings. The normalized spacial score (nSPS) is 23.6. The Morgan fingerprint density at radius 1 is 1.65 bits per heavy atom. The summed E-state index contributed by atoms with van der Waals surface area (Å²) in [5, 5.41) is 0. The predicted octanol–water partition coefficient (Wildman–Crippen LogP) is 2.63. The Labute approximate surface area is 116 Å².